The molecule has 2 fully saturated rings. The first-order valence-electron chi connectivity index (χ1n) is 21.7. The number of hydrogen-bond donors (Lipinski definition) is 4. The van der Waals surface area contributed by atoms with Gasteiger partial charge in [-0.2, -0.15) is 0 Å². The Morgan fingerprint density at radius 3 is 2.42 bits per heavy atom. The third kappa shape index (κ3) is 7.97. The van der Waals surface area contributed by atoms with Crippen LogP contribution in [0, 0.1) is 11.8 Å². The van der Waals surface area contributed by atoms with Gasteiger partial charge in [-0.05, 0) is 77.1 Å². The summed E-state index contributed by atoms with van der Waals surface area (Å²) in [7, 11) is 4.22. The van der Waals surface area contributed by atoms with E-state index in [1.807, 2.05) is 50.2 Å². The standard InChI is InChI=1S/C48H52N8O8/c1-26(2)40(53-47(59)62-4)45(57)56-23-27(24-61-3)18-38(56)43-49-22-36(51-43)30-13-15-32-31(19-30)25-64-39-21-33-29(20-34(32)39)14-16-35-42(33)52-44(50-35)37-12-9-17-55(37)46(58)41(54-48(60)63-5)28-10-7-6-8-11-28/h6-8,10-11,13-16,19-22,26-27,37-38,40-41H,9,12,17-18,23-25H2,1-5H3,(H,49,51)(H,50,52)(H,53,59)(H,54,60)/t27-,37-,38-,40?,41+/m0/s1. The highest BCUT2D eigenvalue weighted by molar-refractivity contribution is 6.07. The van der Waals surface area contributed by atoms with E-state index in [4.69, 9.17) is 28.9 Å². The summed E-state index contributed by atoms with van der Waals surface area (Å²) in [6, 6.07) is 21.4. The quantitative estimate of drug-likeness (QED) is 0.102. The molecule has 4 N–H and O–H groups in total. The van der Waals surface area contributed by atoms with E-state index in [0.717, 1.165) is 68.3 Å². The second-order valence-electron chi connectivity index (χ2n) is 17.1. The Morgan fingerprint density at radius 2 is 1.66 bits per heavy atom. The molecule has 0 aliphatic carbocycles. The Hall–Kier alpha value is -6.94. The lowest BCUT2D eigenvalue weighted by Gasteiger charge is -2.30. The highest BCUT2D eigenvalue weighted by Crippen LogP contribution is 2.44. The average Bonchev–Trinajstić information content (AvgIpc) is 4.15. The van der Waals surface area contributed by atoms with Crippen molar-refractivity contribution in [2.45, 2.75) is 63.9 Å². The van der Waals surface area contributed by atoms with Gasteiger partial charge in [0.25, 0.3) is 5.91 Å². The minimum Gasteiger partial charge on any atom is -0.488 e. The predicted molar refractivity (Wildman–Crippen MR) is 238 cm³/mol. The van der Waals surface area contributed by atoms with Gasteiger partial charge in [0, 0.05) is 37.1 Å². The van der Waals surface area contributed by atoms with E-state index in [2.05, 4.69) is 57.0 Å². The predicted octanol–water partition coefficient (Wildman–Crippen LogP) is 7.34. The van der Waals surface area contributed by atoms with Gasteiger partial charge < -0.3 is 49.3 Å². The van der Waals surface area contributed by atoms with Crippen molar-refractivity contribution < 1.29 is 38.1 Å². The smallest absolute Gasteiger partial charge is 0.407 e. The number of aromatic amines is 2. The van der Waals surface area contributed by atoms with Gasteiger partial charge in [-0.3, -0.25) is 9.59 Å². The number of aromatic nitrogens is 4. The Labute approximate surface area is 370 Å². The van der Waals surface area contributed by atoms with Crippen molar-refractivity contribution in [2.75, 3.05) is 41.0 Å². The largest absolute Gasteiger partial charge is 0.488 e. The van der Waals surface area contributed by atoms with Gasteiger partial charge in [0.2, 0.25) is 5.91 Å². The molecule has 6 aromatic rings. The van der Waals surface area contributed by atoms with Crippen molar-refractivity contribution in [3.8, 4) is 28.1 Å². The van der Waals surface area contributed by atoms with Crippen LogP contribution >= 0.6 is 0 Å². The molecule has 5 heterocycles. The van der Waals surface area contributed by atoms with E-state index >= 15 is 0 Å². The SMILES string of the molecule is COC[C@H]1C[C@@H](c2ncc(-c3ccc4c(c3)COc3cc5c(ccc6nc([C@@H]7CCCN7C(=O)[C@H](NC(=O)OC)c7ccccc7)[nH]c65)cc3-4)[nH]2)N(C(=O)C(NC(=O)OC)C(C)C)C1. The van der Waals surface area contributed by atoms with Crippen LogP contribution in [0.3, 0.4) is 0 Å². The van der Waals surface area contributed by atoms with E-state index < -0.39 is 24.3 Å². The number of fused-ring (bicyclic) bond motifs is 6. The average molecular weight is 869 g/mol. The van der Waals surface area contributed by atoms with E-state index in [1.54, 1.807) is 23.1 Å². The topological polar surface area (TPSA) is 193 Å². The molecule has 5 atom stereocenters. The van der Waals surface area contributed by atoms with Crippen molar-refractivity contribution in [3.05, 3.63) is 102 Å². The zero-order valence-electron chi connectivity index (χ0n) is 36.5. The van der Waals surface area contributed by atoms with Gasteiger partial charge in [-0.25, -0.2) is 19.6 Å². The number of nitrogens with one attached hydrogen (secondary N) is 4. The van der Waals surface area contributed by atoms with Gasteiger partial charge in [0.1, 0.15) is 36.1 Å². The number of benzene rings is 4. The highest BCUT2D eigenvalue weighted by Gasteiger charge is 2.42. The maximum absolute atomic E-state index is 14.1. The number of amides is 4. The number of carbonyl (C=O) groups is 4. The van der Waals surface area contributed by atoms with Crippen molar-refractivity contribution in [1.82, 2.24) is 40.4 Å². The van der Waals surface area contributed by atoms with Crippen LogP contribution in [0.2, 0.25) is 0 Å². The number of rotatable bonds is 11. The van der Waals surface area contributed by atoms with Crippen LogP contribution in [0.15, 0.2) is 79.0 Å². The maximum atomic E-state index is 14.1. The molecule has 0 bridgehead atoms. The third-order valence-corrected chi connectivity index (χ3v) is 12.7. The number of imidazole rings is 2. The molecule has 3 aliphatic rings. The first-order chi connectivity index (χ1) is 31.0. The van der Waals surface area contributed by atoms with Gasteiger partial charge >= 0.3 is 12.2 Å². The van der Waals surface area contributed by atoms with Crippen molar-refractivity contribution in [1.29, 1.82) is 0 Å². The van der Waals surface area contributed by atoms with Crippen LogP contribution in [-0.2, 0) is 30.4 Å². The summed E-state index contributed by atoms with van der Waals surface area (Å²) in [5.41, 5.74) is 7.13. The Balaban J connectivity index is 0.966. The van der Waals surface area contributed by atoms with Gasteiger partial charge in [0.05, 0.1) is 55.8 Å². The first-order valence-corrected chi connectivity index (χ1v) is 21.7. The zero-order chi connectivity index (χ0) is 44.6. The molecule has 64 heavy (non-hydrogen) atoms. The second-order valence-corrected chi connectivity index (χ2v) is 17.1. The van der Waals surface area contributed by atoms with Crippen molar-refractivity contribution in [2.24, 2.45) is 11.8 Å². The van der Waals surface area contributed by atoms with Crippen LogP contribution in [0.5, 0.6) is 5.75 Å². The number of H-pyrrole nitrogens is 2. The molecule has 3 aliphatic heterocycles. The van der Waals surface area contributed by atoms with E-state index in [9.17, 15) is 19.2 Å². The molecular formula is C48H52N8O8. The fraction of sp³-hybridized carbons (Fsp3) is 0.375. The van der Waals surface area contributed by atoms with Crippen LogP contribution in [0.25, 0.3) is 44.2 Å². The Morgan fingerprint density at radius 1 is 0.859 bits per heavy atom. The molecule has 16 heteroatoms. The molecule has 332 valence electrons. The lowest BCUT2D eigenvalue weighted by Crippen LogP contribution is -2.51. The summed E-state index contributed by atoms with van der Waals surface area (Å²) in [6.45, 7) is 5.65. The second kappa shape index (κ2) is 17.7. The molecule has 16 nitrogen and oxygen atoms in total. The minimum absolute atomic E-state index is 0.103. The van der Waals surface area contributed by atoms with Crippen molar-refractivity contribution in [3.63, 3.8) is 0 Å². The fourth-order valence-electron chi connectivity index (χ4n) is 9.54. The number of likely N-dealkylation sites (tertiary alicyclic amines) is 2. The monoisotopic (exact) mass is 868 g/mol. The molecule has 4 aromatic carbocycles. The third-order valence-electron chi connectivity index (χ3n) is 12.7. The number of methoxy groups -OCH3 is 3. The summed E-state index contributed by atoms with van der Waals surface area (Å²) >= 11 is 0. The Bertz CT molecular complexity index is 2730. The first kappa shape index (κ1) is 42.4. The summed E-state index contributed by atoms with van der Waals surface area (Å²) in [5.74, 6) is 1.64. The molecule has 2 saturated heterocycles. The summed E-state index contributed by atoms with van der Waals surface area (Å²) in [6.07, 6.45) is 2.65. The molecule has 0 spiro atoms. The Kier molecular flexibility index (Phi) is 11.7. The van der Waals surface area contributed by atoms with E-state index in [1.165, 1.54) is 14.2 Å². The van der Waals surface area contributed by atoms with E-state index in [0.29, 0.717) is 49.9 Å². The van der Waals surface area contributed by atoms with Gasteiger partial charge in [-0.1, -0.05) is 62.4 Å². The molecule has 2 aromatic heterocycles. The van der Waals surface area contributed by atoms with Crippen LogP contribution in [-0.4, -0.2) is 101 Å². The zero-order valence-corrected chi connectivity index (χ0v) is 36.5. The number of alkyl carbamates (subject to hydrolysis) is 2. The number of nitrogens with zero attached hydrogens (tertiary/aromatic N) is 4. The number of hydrogen-bond acceptors (Lipinski definition) is 10. The van der Waals surface area contributed by atoms with Crippen LogP contribution in [0.1, 0.15) is 74.0 Å². The van der Waals surface area contributed by atoms with Crippen LogP contribution < -0.4 is 15.4 Å². The van der Waals surface area contributed by atoms with Gasteiger partial charge in [-0.15, -0.1) is 0 Å². The fourth-order valence-corrected chi connectivity index (χ4v) is 9.54. The lowest BCUT2D eigenvalue weighted by atomic mass is 9.92. The van der Waals surface area contributed by atoms with Gasteiger partial charge in [0.15, 0.2) is 0 Å². The molecule has 0 saturated carbocycles. The minimum atomic E-state index is -0.907. The summed E-state index contributed by atoms with van der Waals surface area (Å²) in [5, 5.41) is 7.42. The molecule has 1 unspecified atom stereocenters. The lowest BCUT2D eigenvalue weighted by molar-refractivity contribution is -0.136. The highest BCUT2D eigenvalue weighted by atomic mass is 16.5. The van der Waals surface area contributed by atoms with Crippen molar-refractivity contribution >= 4 is 45.8 Å². The maximum Gasteiger partial charge on any atom is 0.407 e. The van der Waals surface area contributed by atoms with E-state index in [-0.39, 0.29) is 35.7 Å². The molecule has 9 rings (SSSR count). The van der Waals surface area contributed by atoms with Crippen LogP contribution in [0.4, 0.5) is 9.59 Å². The summed E-state index contributed by atoms with van der Waals surface area (Å²) < 4.78 is 21.6. The molecule has 0 radical (unpaired) electrons. The number of carbonyl (C=O) groups excluding carboxylic acids is 4. The molecule has 4 amide bonds. The molecular weight excluding hydrogens is 817 g/mol. The summed E-state index contributed by atoms with van der Waals surface area (Å²) in [4.78, 5) is 73.1. The number of ether oxygens (including phenoxy) is 4. The normalized spacial score (nSPS) is 18.9.